The molecule has 0 amide bonds. The molecule has 1 aliphatic rings. The summed E-state index contributed by atoms with van der Waals surface area (Å²) in [6, 6.07) is 3.48. The van der Waals surface area contributed by atoms with Gasteiger partial charge < -0.3 is 14.6 Å². The number of methoxy groups -OCH3 is 1. The van der Waals surface area contributed by atoms with Crippen LogP contribution in [0.2, 0.25) is 5.02 Å². The number of halogens is 1. The number of hydrogen-bond donors (Lipinski definition) is 1. The molecule has 2 atom stereocenters. The molecule has 1 N–H and O–H groups in total. The largest absolute Gasteiger partial charge is 0.493 e. The van der Waals surface area contributed by atoms with Crippen molar-refractivity contribution < 1.29 is 14.6 Å². The molecule has 0 bridgehead atoms. The van der Waals surface area contributed by atoms with Crippen molar-refractivity contribution in [1.29, 1.82) is 0 Å². The Morgan fingerprint density at radius 1 is 1.30 bits per heavy atom. The van der Waals surface area contributed by atoms with Gasteiger partial charge in [0.15, 0.2) is 11.5 Å². The van der Waals surface area contributed by atoms with Gasteiger partial charge in [-0.1, -0.05) is 24.9 Å². The van der Waals surface area contributed by atoms with Crippen molar-refractivity contribution in [1.82, 2.24) is 0 Å². The number of aliphatic hydroxyl groups excluding tert-OH is 1. The maximum absolute atomic E-state index is 9.52. The molecule has 0 spiro atoms. The number of hydrogen-bond acceptors (Lipinski definition) is 3. The van der Waals surface area contributed by atoms with Gasteiger partial charge in [0, 0.05) is 16.7 Å². The van der Waals surface area contributed by atoms with Crippen LogP contribution in [0.25, 0.3) is 0 Å². The van der Waals surface area contributed by atoms with Gasteiger partial charge >= 0.3 is 0 Å². The molecule has 0 aromatic heterocycles. The van der Waals surface area contributed by atoms with Crippen LogP contribution in [-0.4, -0.2) is 18.3 Å². The minimum absolute atomic E-state index is 0.101. The van der Waals surface area contributed by atoms with E-state index in [-0.39, 0.29) is 12.7 Å². The molecule has 2 unspecified atom stereocenters. The van der Waals surface area contributed by atoms with Gasteiger partial charge in [-0.15, -0.1) is 0 Å². The van der Waals surface area contributed by atoms with Crippen molar-refractivity contribution in [3.63, 3.8) is 0 Å². The number of aliphatic hydroxyl groups is 1. The molecule has 1 fully saturated rings. The van der Waals surface area contributed by atoms with Crippen LogP contribution in [0.5, 0.6) is 11.5 Å². The second-order valence-electron chi connectivity index (χ2n) is 5.36. The second kappa shape index (κ2) is 7.19. The normalized spacial score (nSPS) is 22.6. The lowest BCUT2D eigenvalue weighted by Gasteiger charge is -2.32. The standard InChI is InChI=1S/C16H23ClO3/c1-3-11-6-4-5-7-14(11)20-16-12(10-18)8-13(17)9-15(16)19-2/h8-9,11,14,18H,3-7,10H2,1-2H3. The maximum atomic E-state index is 9.52. The van der Waals surface area contributed by atoms with E-state index in [1.807, 2.05) is 0 Å². The van der Waals surface area contributed by atoms with E-state index in [4.69, 9.17) is 21.1 Å². The lowest BCUT2D eigenvalue weighted by Crippen LogP contribution is -2.30. The van der Waals surface area contributed by atoms with E-state index < -0.39 is 0 Å². The molecule has 0 heterocycles. The van der Waals surface area contributed by atoms with Crippen LogP contribution in [-0.2, 0) is 6.61 Å². The summed E-state index contributed by atoms with van der Waals surface area (Å²) in [5.74, 6) is 1.82. The van der Waals surface area contributed by atoms with Crippen molar-refractivity contribution in [3.05, 3.63) is 22.7 Å². The molecule has 20 heavy (non-hydrogen) atoms. The van der Waals surface area contributed by atoms with Gasteiger partial charge in [-0.05, 0) is 37.7 Å². The first kappa shape index (κ1) is 15.5. The first-order chi connectivity index (χ1) is 9.69. The molecule has 0 radical (unpaired) electrons. The Bertz CT molecular complexity index is 422. The molecule has 0 saturated heterocycles. The fourth-order valence-electron chi connectivity index (χ4n) is 2.97. The van der Waals surface area contributed by atoms with Crippen LogP contribution in [0.4, 0.5) is 0 Å². The van der Waals surface area contributed by atoms with Gasteiger partial charge in [-0.2, -0.15) is 0 Å². The van der Waals surface area contributed by atoms with Crippen molar-refractivity contribution in [2.24, 2.45) is 5.92 Å². The Balaban J connectivity index is 2.26. The quantitative estimate of drug-likeness (QED) is 0.886. The second-order valence-corrected chi connectivity index (χ2v) is 5.80. The minimum Gasteiger partial charge on any atom is -0.493 e. The van der Waals surface area contributed by atoms with E-state index in [0.717, 1.165) is 12.8 Å². The minimum atomic E-state index is -0.101. The lowest BCUT2D eigenvalue weighted by atomic mass is 9.84. The number of benzene rings is 1. The fourth-order valence-corrected chi connectivity index (χ4v) is 3.20. The van der Waals surface area contributed by atoms with E-state index in [1.54, 1.807) is 19.2 Å². The van der Waals surface area contributed by atoms with Crippen molar-refractivity contribution in [2.75, 3.05) is 7.11 Å². The Hall–Kier alpha value is -0.930. The van der Waals surface area contributed by atoms with Gasteiger partial charge in [-0.3, -0.25) is 0 Å². The van der Waals surface area contributed by atoms with Crippen molar-refractivity contribution in [3.8, 4) is 11.5 Å². The molecule has 4 heteroatoms. The smallest absolute Gasteiger partial charge is 0.167 e. The molecule has 112 valence electrons. The summed E-state index contributed by atoms with van der Waals surface area (Å²) < 4.78 is 11.6. The Kier molecular flexibility index (Phi) is 5.55. The van der Waals surface area contributed by atoms with Crippen LogP contribution in [0.15, 0.2) is 12.1 Å². The molecular formula is C16H23ClO3. The molecule has 1 aliphatic carbocycles. The van der Waals surface area contributed by atoms with Crippen molar-refractivity contribution >= 4 is 11.6 Å². The first-order valence-corrected chi connectivity index (χ1v) is 7.71. The van der Waals surface area contributed by atoms with Crippen LogP contribution in [0, 0.1) is 5.92 Å². The van der Waals surface area contributed by atoms with Crippen LogP contribution < -0.4 is 9.47 Å². The van der Waals surface area contributed by atoms with Crippen LogP contribution in [0.1, 0.15) is 44.6 Å². The molecule has 1 aromatic carbocycles. The Labute approximate surface area is 125 Å². The molecule has 2 rings (SSSR count). The average molecular weight is 299 g/mol. The van der Waals surface area contributed by atoms with Gasteiger partial charge in [0.1, 0.15) is 6.10 Å². The summed E-state index contributed by atoms with van der Waals surface area (Å²) in [6.45, 7) is 2.11. The summed E-state index contributed by atoms with van der Waals surface area (Å²) in [5, 5.41) is 10.1. The lowest BCUT2D eigenvalue weighted by molar-refractivity contribution is 0.0846. The van der Waals surface area contributed by atoms with Crippen LogP contribution in [0.3, 0.4) is 0 Å². The molecular weight excluding hydrogens is 276 g/mol. The van der Waals surface area contributed by atoms with E-state index >= 15 is 0 Å². The summed E-state index contributed by atoms with van der Waals surface area (Å²) in [6.07, 6.45) is 6.08. The Morgan fingerprint density at radius 3 is 2.70 bits per heavy atom. The molecule has 3 nitrogen and oxygen atoms in total. The summed E-state index contributed by atoms with van der Waals surface area (Å²) >= 11 is 6.03. The SMILES string of the molecule is CCC1CCCCC1Oc1c(CO)cc(Cl)cc1OC. The number of rotatable bonds is 5. The fraction of sp³-hybridized carbons (Fsp3) is 0.625. The summed E-state index contributed by atoms with van der Waals surface area (Å²) in [5.41, 5.74) is 0.690. The van der Waals surface area contributed by atoms with Crippen LogP contribution >= 0.6 is 11.6 Å². The monoisotopic (exact) mass is 298 g/mol. The zero-order valence-electron chi connectivity index (χ0n) is 12.2. The van der Waals surface area contributed by atoms with E-state index in [0.29, 0.717) is 28.0 Å². The van der Waals surface area contributed by atoms with Gasteiger partial charge in [0.05, 0.1) is 13.7 Å². The van der Waals surface area contributed by atoms with Crippen molar-refractivity contribution in [2.45, 2.75) is 51.7 Å². The summed E-state index contributed by atoms with van der Waals surface area (Å²) in [4.78, 5) is 0. The highest BCUT2D eigenvalue weighted by Crippen LogP contribution is 2.38. The number of ether oxygens (including phenoxy) is 2. The van der Waals surface area contributed by atoms with Gasteiger partial charge in [0.2, 0.25) is 0 Å². The molecule has 1 aromatic rings. The third kappa shape index (κ3) is 3.39. The van der Waals surface area contributed by atoms with Gasteiger partial charge in [-0.25, -0.2) is 0 Å². The van der Waals surface area contributed by atoms with E-state index in [1.165, 1.54) is 19.3 Å². The Morgan fingerprint density at radius 2 is 2.05 bits per heavy atom. The predicted molar refractivity (Wildman–Crippen MR) is 80.6 cm³/mol. The van der Waals surface area contributed by atoms with E-state index in [9.17, 15) is 5.11 Å². The third-order valence-corrected chi connectivity index (χ3v) is 4.34. The zero-order chi connectivity index (χ0) is 14.5. The predicted octanol–water partition coefficient (Wildman–Crippen LogP) is 4.19. The highest BCUT2D eigenvalue weighted by Gasteiger charge is 2.27. The first-order valence-electron chi connectivity index (χ1n) is 7.33. The average Bonchev–Trinajstić information content (AvgIpc) is 2.48. The topological polar surface area (TPSA) is 38.7 Å². The highest BCUT2D eigenvalue weighted by atomic mass is 35.5. The van der Waals surface area contributed by atoms with Gasteiger partial charge in [0.25, 0.3) is 0 Å². The highest BCUT2D eigenvalue weighted by molar-refractivity contribution is 6.30. The summed E-state index contributed by atoms with van der Waals surface area (Å²) in [7, 11) is 1.60. The third-order valence-electron chi connectivity index (χ3n) is 4.12. The molecule has 0 aliphatic heterocycles. The maximum Gasteiger partial charge on any atom is 0.167 e. The zero-order valence-corrected chi connectivity index (χ0v) is 12.9. The molecule has 1 saturated carbocycles. The van der Waals surface area contributed by atoms with E-state index in [2.05, 4.69) is 6.92 Å².